The fourth-order valence-electron chi connectivity index (χ4n) is 2.99. The Morgan fingerprint density at radius 2 is 1.75 bits per heavy atom. The molecule has 0 saturated carbocycles. The van der Waals surface area contributed by atoms with E-state index in [9.17, 15) is 13.2 Å². The van der Waals surface area contributed by atoms with Crippen LogP contribution in [0.25, 0.3) is 0 Å². The first-order valence-corrected chi connectivity index (χ1v) is 12.3. The molecule has 0 aromatic heterocycles. The molecular weight excluding hydrogens is 432 g/mol. The number of hydrogen-bond donors (Lipinski definition) is 1. The van der Waals surface area contributed by atoms with E-state index < -0.39 is 10.0 Å². The van der Waals surface area contributed by atoms with Gasteiger partial charge < -0.3 is 19.5 Å². The van der Waals surface area contributed by atoms with Gasteiger partial charge in [0.15, 0.2) is 0 Å². The Morgan fingerprint density at radius 1 is 1.06 bits per heavy atom. The quantitative estimate of drug-likeness (QED) is 0.458. The molecule has 0 saturated heterocycles. The Balaban J connectivity index is 1.80. The van der Waals surface area contributed by atoms with Crippen LogP contribution in [0.1, 0.15) is 26.7 Å². The molecule has 0 spiro atoms. The van der Waals surface area contributed by atoms with Gasteiger partial charge in [-0.05, 0) is 44.5 Å². The molecule has 1 amide bonds. The molecule has 32 heavy (non-hydrogen) atoms. The van der Waals surface area contributed by atoms with Gasteiger partial charge in [-0.1, -0.05) is 12.1 Å². The lowest BCUT2D eigenvalue weighted by Crippen LogP contribution is -2.33. The van der Waals surface area contributed by atoms with E-state index >= 15 is 0 Å². The Morgan fingerprint density at radius 3 is 2.44 bits per heavy atom. The van der Waals surface area contributed by atoms with Gasteiger partial charge in [0.25, 0.3) is 0 Å². The summed E-state index contributed by atoms with van der Waals surface area (Å²) in [6.45, 7) is 4.66. The Bertz CT molecular complexity index is 978. The zero-order valence-corrected chi connectivity index (χ0v) is 19.9. The summed E-state index contributed by atoms with van der Waals surface area (Å²) in [6.07, 6.45) is 1.71. The van der Waals surface area contributed by atoms with Crippen molar-refractivity contribution in [2.24, 2.45) is 0 Å². The van der Waals surface area contributed by atoms with E-state index in [4.69, 9.17) is 14.2 Å². The predicted octanol–water partition coefficient (Wildman–Crippen LogP) is 3.22. The predicted molar refractivity (Wildman–Crippen MR) is 125 cm³/mol. The van der Waals surface area contributed by atoms with E-state index in [1.165, 1.54) is 4.31 Å². The summed E-state index contributed by atoms with van der Waals surface area (Å²) < 4.78 is 42.3. The van der Waals surface area contributed by atoms with Gasteiger partial charge in [-0.3, -0.25) is 9.10 Å². The van der Waals surface area contributed by atoms with Crippen molar-refractivity contribution in [3.8, 4) is 17.2 Å². The van der Waals surface area contributed by atoms with Crippen LogP contribution in [0.4, 0.5) is 5.69 Å². The molecule has 0 radical (unpaired) electrons. The first-order valence-electron chi connectivity index (χ1n) is 10.5. The van der Waals surface area contributed by atoms with E-state index in [2.05, 4.69) is 5.32 Å². The molecule has 0 heterocycles. The largest absolute Gasteiger partial charge is 0.497 e. The van der Waals surface area contributed by atoms with Crippen LogP contribution in [0.3, 0.4) is 0 Å². The summed E-state index contributed by atoms with van der Waals surface area (Å²) in [6, 6.07) is 14.2. The molecule has 0 bridgehead atoms. The first kappa shape index (κ1) is 25.3. The van der Waals surface area contributed by atoms with Gasteiger partial charge in [0.2, 0.25) is 15.9 Å². The number of rotatable bonds is 13. The molecular formula is C23H32N2O6S. The maximum atomic E-state index is 12.3. The fraction of sp³-hybridized carbons (Fsp3) is 0.435. The molecule has 176 valence electrons. The number of hydrogen-bond acceptors (Lipinski definition) is 6. The van der Waals surface area contributed by atoms with Gasteiger partial charge in [-0.2, -0.15) is 0 Å². The van der Waals surface area contributed by atoms with Crippen LogP contribution in [0.15, 0.2) is 48.5 Å². The van der Waals surface area contributed by atoms with Gasteiger partial charge in [0, 0.05) is 25.1 Å². The van der Waals surface area contributed by atoms with Crippen molar-refractivity contribution in [1.82, 2.24) is 5.32 Å². The maximum Gasteiger partial charge on any atom is 0.232 e. The third-order valence-corrected chi connectivity index (χ3v) is 5.57. The summed E-state index contributed by atoms with van der Waals surface area (Å²) in [7, 11) is -1.92. The van der Waals surface area contributed by atoms with Crippen molar-refractivity contribution in [2.75, 3.05) is 37.4 Å². The van der Waals surface area contributed by atoms with Crippen LogP contribution in [-0.4, -0.2) is 53.5 Å². The Labute approximate surface area is 190 Å². The minimum Gasteiger partial charge on any atom is -0.497 e. The number of anilines is 1. The number of carbonyl (C=O) groups is 1. The van der Waals surface area contributed by atoms with Gasteiger partial charge in [0.1, 0.15) is 23.9 Å². The van der Waals surface area contributed by atoms with Gasteiger partial charge >= 0.3 is 0 Å². The second kappa shape index (κ2) is 12.2. The van der Waals surface area contributed by atoms with Crippen molar-refractivity contribution >= 4 is 21.6 Å². The number of amides is 1. The molecule has 2 aromatic carbocycles. The number of carbonyl (C=O) groups excluding carboxylic acids is 1. The van der Waals surface area contributed by atoms with E-state index in [0.717, 1.165) is 6.26 Å². The summed E-state index contributed by atoms with van der Waals surface area (Å²) >= 11 is 0. The summed E-state index contributed by atoms with van der Waals surface area (Å²) in [4.78, 5) is 12.1. The molecule has 0 atom stereocenters. The van der Waals surface area contributed by atoms with Crippen LogP contribution in [0.5, 0.6) is 17.2 Å². The lowest BCUT2D eigenvalue weighted by Gasteiger charge is -2.23. The number of benzene rings is 2. The van der Waals surface area contributed by atoms with Crippen LogP contribution < -0.4 is 23.8 Å². The zero-order valence-electron chi connectivity index (χ0n) is 19.0. The highest BCUT2D eigenvalue weighted by molar-refractivity contribution is 7.92. The summed E-state index contributed by atoms with van der Waals surface area (Å²) in [5.74, 6) is 1.79. The highest BCUT2D eigenvalue weighted by Crippen LogP contribution is 2.24. The number of methoxy groups -OCH3 is 1. The molecule has 9 heteroatoms. The number of nitrogens with one attached hydrogen (secondary N) is 1. The van der Waals surface area contributed by atoms with Crippen molar-refractivity contribution in [1.29, 1.82) is 0 Å². The standard InChI is InChI=1S/C23H32N2O6S/c1-18(2)31-22-11-5-8-19(16-22)25(32(4,27)28)14-7-12-23(26)24-13-15-30-21-10-6-9-20(17-21)29-3/h5-6,8-11,16-18H,7,12-15H2,1-4H3,(H,24,26). The number of sulfonamides is 1. The number of nitrogens with zero attached hydrogens (tertiary/aromatic N) is 1. The lowest BCUT2D eigenvalue weighted by atomic mass is 10.2. The van der Waals surface area contributed by atoms with E-state index in [0.29, 0.717) is 42.5 Å². The molecule has 8 nitrogen and oxygen atoms in total. The van der Waals surface area contributed by atoms with E-state index in [-0.39, 0.29) is 25.0 Å². The minimum absolute atomic E-state index is 0.0199. The van der Waals surface area contributed by atoms with E-state index in [1.54, 1.807) is 37.4 Å². The van der Waals surface area contributed by atoms with Crippen molar-refractivity contribution in [3.05, 3.63) is 48.5 Å². The van der Waals surface area contributed by atoms with Crippen molar-refractivity contribution in [3.63, 3.8) is 0 Å². The van der Waals surface area contributed by atoms with E-state index in [1.807, 2.05) is 32.0 Å². The molecule has 0 aliphatic rings. The minimum atomic E-state index is -3.50. The average molecular weight is 465 g/mol. The Hall–Kier alpha value is -2.94. The monoisotopic (exact) mass is 464 g/mol. The zero-order chi connectivity index (χ0) is 23.6. The molecule has 2 aromatic rings. The molecule has 0 aliphatic heterocycles. The van der Waals surface area contributed by atoms with Crippen molar-refractivity contribution in [2.45, 2.75) is 32.8 Å². The summed E-state index contributed by atoms with van der Waals surface area (Å²) in [5, 5.41) is 2.78. The maximum absolute atomic E-state index is 12.3. The third kappa shape index (κ3) is 8.66. The molecule has 0 aliphatic carbocycles. The van der Waals surface area contributed by atoms with Crippen molar-refractivity contribution < 1.29 is 27.4 Å². The van der Waals surface area contributed by atoms with Crippen LogP contribution >= 0.6 is 0 Å². The van der Waals surface area contributed by atoms with Gasteiger partial charge in [-0.15, -0.1) is 0 Å². The lowest BCUT2D eigenvalue weighted by molar-refractivity contribution is -0.121. The van der Waals surface area contributed by atoms with Crippen LogP contribution in [-0.2, 0) is 14.8 Å². The second-order valence-electron chi connectivity index (χ2n) is 7.48. The molecule has 2 rings (SSSR count). The third-order valence-electron chi connectivity index (χ3n) is 4.38. The van der Waals surface area contributed by atoms with Crippen LogP contribution in [0, 0.1) is 0 Å². The normalized spacial score (nSPS) is 11.2. The SMILES string of the molecule is COc1cccc(OCCNC(=O)CCCN(c2cccc(OC(C)C)c2)S(C)(=O)=O)c1. The summed E-state index contributed by atoms with van der Waals surface area (Å²) in [5.41, 5.74) is 0.512. The van der Waals surface area contributed by atoms with Crippen LogP contribution in [0.2, 0.25) is 0 Å². The number of ether oxygens (including phenoxy) is 3. The highest BCUT2D eigenvalue weighted by Gasteiger charge is 2.18. The Kier molecular flexibility index (Phi) is 9.64. The smallest absolute Gasteiger partial charge is 0.232 e. The molecule has 1 N–H and O–H groups in total. The fourth-order valence-corrected chi connectivity index (χ4v) is 3.95. The molecule has 0 fully saturated rings. The topological polar surface area (TPSA) is 94.2 Å². The average Bonchev–Trinajstić information content (AvgIpc) is 2.73. The molecule has 0 unspecified atom stereocenters. The second-order valence-corrected chi connectivity index (χ2v) is 9.39. The van der Waals surface area contributed by atoms with Gasteiger partial charge in [-0.25, -0.2) is 8.42 Å². The van der Waals surface area contributed by atoms with Gasteiger partial charge in [0.05, 0.1) is 31.7 Å². The first-order chi connectivity index (χ1) is 15.2. The highest BCUT2D eigenvalue weighted by atomic mass is 32.2.